The molecule has 0 spiro atoms. The van der Waals surface area contributed by atoms with E-state index in [-0.39, 0.29) is 10.7 Å². The molecule has 2 aromatic heterocycles. The summed E-state index contributed by atoms with van der Waals surface area (Å²) < 4.78 is 54.5. The minimum atomic E-state index is -4.51. The summed E-state index contributed by atoms with van der Waals surface area (Å²) in [4.78, 5) is 23.1. The van der Waals surface area contributed by atoms with E-state index in [4.69, 9.17) is 0 Å². The highest BCUT2D eigenvalue weighted by Crippen LogP contribution is 2.42. The number of halogens is 4. The lowest BCUT2D eigenvalue weighted by Crippen LogP contribution is -2.16. The van der Waals surface area contributed by atoms with Crippen LogP contribution in [-0.2, 0) is 11.0 Å². The van der Waals surface area contributed by atoms with Crippen molar-refractivity contribution < 1.29 is 22.4 Å². The lowest BCUT2D eigenvalue weighted by atomic mass is 10.1. The van der Waals surface area contributed by atoms with Crippen molar-refractivity contribution in [3.8, 4) is 21.8 Å². The average molecular weight is 510 g/mol. The van der Waals surface area contributed by atoms with E-state index in [0.717, 1.165) is 33.4 Å². The van der Waals surface area contributed by atoms with Crippen LogP contribution in [0.15, 0.2) is 47.3 Å². The molecule has 180 valence electrons. The molecule has 2 heterocycles. The van der Waals surface area contributed by atoms with E-state index < -0.39 is 23.5 Å². The smallest absolute Gasteiger partial charge is 0.298 e. The van der Waals surface area contributed by atoms with Crippen LogP contribution in [0.2, 0.25) is 0 Å². The van der Waals surface area contributed by atoms with Crippen molar-refractivity contribution in [3.05, 3.63) is 62.8 Å². The largest absolute Gasteiger partial charge is 0.416 e. The van der Waals surface area contributed by atoms with E-state index >= 15 is 0 Å². The summed E-state index contributed by atoms with van der Waals surface area (Å²) in [5, 5.41) is 3.53. The van der Waals surface area contributed by atoms with Crippen LogP contribution in [0.1, 0.15) is 42.6 Å². The van der Waals surface area contributed by atoms with E-state index in [1.54, 1.807) is 26.8 Å². The van der Waals surface area contributed by atoms with Crippen molar-refractivity contribution >= 4 is 33.7 Å². The quantitative estimate of drug-likeness (QED) is 0.207. The van der Waals surface area contributed by atoms with Crippen LogP contribution in [-0.4, -0.2) is 15.9 Å². The minimum absolute atomic E-state index is 0.0973. The Kier molecular flexibility index (Phi) is 7.72. The Labute approximate surface area is 203 Å². The Balaban J connectivity index is 2.12. The summed E-state index contributed by atoms with van der Waals surface area (Å²) in [5.74, 6) is -1.31. The van der Waals surface area contributed by atoms with E-state index in [9.17, 15) is 22.4 Å². The molecular weight excluding hydrogens is 486 g/mol. The van der Waals surface area contributed by atoms with Gasteiger partial charge in [-0.3, -0.25) is 10.1 Å². The fourth-order valence-corrected chi connectivity index (χ4v) is 5.11. The number of anilines is 1. The molecule has 4 nitrogen and oxygen atoms in total. The average Bonchev–Trinajstić information content (AvgIpc) is 3.29. The van der Waals surface area contributed by atoms with Gasteiger partial charge >= 0.3 is 6.18 Å². The number of aromatic nitrogens is 2. The third-order valence-electron chi connectivity index (χ3n) is 4.78. The number of nitrogens with one attached hydrogen (secondary N) is 1. The fourth-order valence-electron chi connectivity index (χ4n) is 3.33. The zero-order chi connectivity index (χ0) is 25.2. The van der Waals surface area contributed by atoms with Gasteiger partial charge in [0.25, 0.3) is 5.91 Å². The number of thiazole rings is 2. The maximum atomic E-state index is 14.5. The number of allylic oxidation sites excluding steroid dienone is 2. The van der Waals surface area contributed by atoms with Gasteiger partial charge in [-0.15, -0.1) is 11.3 Å². The molecule has 1 amide bonds. The van der Waals surface area contributed by atoms with Crippen LogP contribution in [0.4, 0.5) is 22.7 Å². The first-order valence-electron chi connectivity index (χ1n) is 10.4. The van der Waals surface area contributed by atoms with Crippen LogP contribution in [0.3, 0.4) is 0 Å². The highest BCUT2D eigenvalue weighted by molar-refractivity contribution is 7.19. The van der Waals surface area contributed by atoms with Gasteiger partial charge in [0, 0.05) is 4.88 Å². The first-order chi connectivity index (χ1) is 15.9. The Morgan fingerprint density at radius 3 is 2.38 bits per heavy atom. The van der Waals surface area contributed by atoms with E-state index in [1.807, 2.05) is 13.8 Å². The Morgan fingerprint density at radius 1 is 1.12 bits per heavy atom. The van der Waals surface area contributed by atoms with Crippen LogP contribution in [0.25, 0.3) is 21.8 Å². The molecule has 0 saturated carbocycles. The van der Waals surface area contributed by atoms with Gasteiger partial charge in [0.2, 0.25) is 0 Å². The molecule has 0 atom stereocenters. The van der Waals surface area contributed by atoms with Gasteiger partial charge < -0.3 is 0 Å². The number of rotatable bonds is 6. The highest BCUT2D eigenvalue weighted by atomic mass is 32.1. The molecular formula is C24H23F4N3OS2. The van der Waals surface area contributed by atoms with E-state index in [0.29, 0.717) is 33.8 Å². The second-order valence-electron chi connectivity index (χ2n) is 7.70. The molecule has 0 aliphatic rings. The van der Waals surface area contributed by atoms with Crippen molar-refractivity contribution in [2.75, 3.05) is 5.32 Å². The number of hydrogen-bond acceptors (Lipinski definition) is 5. The number of alkyl halides is 3. The van der Waals surface area contributed by atoms with Crippen molar-refractivity contribution in [1.29, 1.82) is 0 Å². The molecule has 3 rings (SSSR count). The Hall–Kier alpha value is -2.85. The van der Waals surface area contributed by atoms with Crippen LogP contribution in [0, 0.1) is 13.8 Å². The molecule has 0 fully saturated rings. The summed E-state index contributed by atoms with van der Waals surface area (Å²) in [6.45, 7) is 8.68. The van der Waals surface area contributed by atoms with E-state index in [1.165, 1.54) is 23.5 Å². The first kappa shape index (κ1) is 25.8. The normalized spacial score (nSPS) is 12.1. The van der Waals surface area contributed by atoms with Crippen LogP contribution >= 0.6 is 22.7 Å². The van der Waals surface area contributed by atoms with Gasteiger partial charge in [-0.2, -0.15) is 13.2 Å². The molecule has 34 heavy (non-hydrogen) atoms. The van der Waals surface area contributed by atoms with Crippen molar-refractivity contribution in [2.24, 2.45) is 0 Å². The zero-order valence-electron chi connectivity index (χ0n) is 19.2. The van der Waals surface area contributed by atoms with Gasteiger partial charge in [-0.1, -0.05) is 36.0 Å². The number of nitrogens with zero attached hydrogens (tertiary/aromatic N) is 2. The number of carbonyl (C=O) groups excluding carboxylic acids is 1. The molecule has 0 radical (unpaired) electrons. The van der Waals surface area contributed by atoms with Crippen LogP contribution < -0.4 is 5.32 Å². The first-order valence-corrected chi connectivity index (χ1v) is 12.0. The summed E-state index contributed by atoms with van der Waals surface area (Å²) in [6, 6.07) is 4.92. The highest BCUT2D eigenvalue weighted by Gasteiger charge is 2.31. The molecule has 10 heteroatoms. The molecule has 0 aliphatic carbocycles. The van der Waals surface area contributed by atoms with Crippen LogP contribution in [0.5, 0.6) is 0 Å². The zero-order valence-corrected chi connectivity index (χ0v) is 20.9. The predicted molar refractivity (Wildman–Crippen MR) is 130 cm³/mol. The molecule has 3 aromatic rings. The van der Waals surface area contributed by atoms with Gasteiger partial charge in [0.05, 0.1) is 21.0 Å². The molecule has 0 bridgehead atoms. The Morgan fingerprint density at radius 2 is 1.82 bits per heavy atom. The van der Waals surface area contributed by atoms with Crippen molar-refractivity contribution in [3.63, 3.8) is 0 Å². The number of aryl methyl sites for hydroxylation is 2. The van der Waals surface area contributed by atoms with Gasteiger partial charge in [0.1, 0.15) is 17.2 Å². The monoisotopic (exact) mass is 509 g/mol. The second-order valence-corrected chi connectivity index (χ2v) is 10.1. The van der Waals surface area contributed by atoms with Gasteiger partial charge in [0.15, 0.2) is 5.13 Å². The number of amides is 1. The third kappa shape index (κ3) is 5.61. The number of carbonyl (C=O) groups is 1. The maximum Gasteiger partial charge on any atom is 0.416 e. The maximum absolute atomic E-state index is 14.5. The molecule has 1 N–H and O–H groups in total. The standard InChI is InChI=1S/C24H23F4N3OS2/c1-6-8-17(25)18(12(2)3)22(32)31-23-30-20(19-13(4)33-14(5)29-19)21(34-23)15-9-7-10-16(11-15)24(26,27)28/h7-11H,6H2,1-5H3,(H,30,31,32)/b17-8+. The van der Waals surface area contributed by atoms with Gasteiger partial charge in [-0.05, 0) is 57.9 Å². The molecule has 0 unspecified atom stereocenters. The molecule has 1 aromatic carbocycles. The summed E-state index contributed by atoms with van der Waals surface area (Å²) >= 11 is 2.46. The summed E-state index contributed by atoms with van der Waals surface area (Å²) in [6.07, 6.45) is -2.78. The topological polar surface area (TPSA) is 54.9 Å². The van der Waals surface area contributed by atoms with Gasteiger partial charge in [-0.25, -0.2) is 14.4 Å². The second kappa shape index (κ2) is 10.2. The van der Waals surface area contributed by atoms with E-state index in [2.05, 4.69) is 15.3 Å². The van der Waals surface area contributed by atoms with Crippen molar-refractivity contribution in [1.82, 2.24) is 9.97 Å². The fraction of sp³-hybridized carbons (Fsp3) is 0.292. The lowest BCUT2D eigenvalue weighted by Gasteiger charge is -2.08. The van der Waals surface area contributed by atoms with Crippen molar-refractivity contribution in [2.45, 2.75) is 47.2 Å². The minimum Gasteiger partial charge on any atom is -0.298 e. The third-order valence-corrected chi connectivity index (χ3v) is 6.68. The predicted octanol–water partition coefficient (Wildman–Crippen LogP) is 8.11. The number of benzene rings is 1. The summed E-state index contributed by atoms with van der Waals surface area (Å²) in [5.41, 5.74) is 0.795. The number of hydrogen-bond donors (Lipinski definition) is 1. The lowest BCUT2D eigenvalue weighted by molar-refractivity contribution is -0.137. The molecule has 0 saturated heterocycles. The summed E-state index contributed by atoms with van der Waals surface area (Å²) in [7, 11) is 0. The molecule has 0 aliphatic heterocycles. The SMILES string of the molecule is CC/C=C(/F)C(C(=O)Nc1nc(-c2nc(C)sc2C)c(-c2cccc(C(F)(F)F)c2)s1)=C(C)C. The Bertz CT molecular complexity index is 1280.